The lowest BCUT2D eigenvalue weighted by Crippen LogP contribution is -2.21. The van der Waals surface area contributed by atoms with Gasteiger partial charge in [-0.25, -0.2) is 9.78 Å². The zero-order chi connectivity index (χ0) is 15.5. The number of pyridine rings is 1. The highest BCUT2D eigenvalue weighted by atomic mass is 35.5. The van der Waals surface area contributed by atoms with E-state index in [9.17, 15) is 13.2 Å². The smallest absolute Gasteiger partial charge is 0.480 e. The quantitative estimate of drug-likeness (QED) is 0.832. The molecule has 2 heterocycles. The molecule has 20 heavy (non-hydrogen) atoms. The first-order valence-corrected chi connectivity index (χ1v) is 5.79. The van der Waals surface area contributed by atoms with Crippen LogP contribution >= 0.6 is 11.6 Å². The topological polar surface area (TPSA) is 71.5 Å². The molecule has 0 bridgehead atoms. The molecule has 1 aromatic rings. The number of aliphatic carboxylic acids is 1. The molecule has 112 valence electrons. The van der Waals surface area contributed by atoms with Gasteiger partial charge in [0.1, 0.15) is 5.02 Å². The zero-order valence-electron chi connectivity index (χ0n) is 10.6. The number of nitrogens with zero attached hydrogens (tertiary/aromatic N) is 1. The summed E-state index contributed by atoms with van der Waals surface area (Å²) >= 11 is 6.06. The van der Waals surface area contributed by atoms with Crippen molar-refractivity contribution in [2.24, 2.45) is 0 Å². The average Bonchev–Trinajstić information content (AvgIpc) is 2.81. The van der Waals surface area contributed by atoms with Gasteiger partial charge in [0, 0.05) is 13.1 Å². The van der Waals surface area contributed by atoms with Crippen LogP contribution in [0.2, 0.25) is 5.02 Å². The highest BCUT2D eigenvalue weighted by Gasteiger charge is 2.38. The minimum absolute atomic E-state index is 0.529. The number of hydrogen-bond donors (Lipinski definition) is 2. The molecule has 0 saturated carbocycles. The highest BCUT2D eigenvalue weighted by molar-refractivity contribution is 6.32. The van der Waals surface area contributed by atoms with Crippen molar-refractivity contribution in [2.45, 2.75) is 26.2 Å². The molecule has 5 nitrogen and oxygen atoms in total. The number of carboxylic acid groups (broad SMARTS) is 1. The Morgan fingerprint density at radius 1 is 1.45 bits per heavy atom. The van der Waals surface area contributed by atoms with Crippen molar-refractivity contribution in [3.8, 4) is 5.88 Å². The summed E-state index contributed by atoms with van der Waals surface area (Å²) in [7, 11) is 1.59. The van der Waals surface area contributed by atoms with E-state index >= 15 is 0 Å². The van der Waals surface area contributed by atoms with Crippen molar-refractivity contribution >= 4 is 17.6 Å². The number of halogens is 4. The van der Waals surface area contributed by atoms with Gasteiger partial charge in [-0.15, -0.1) is 0 Å². The minimum atomic E-state index is -5.08. The van der Waals surface area contributed by atoms with E-state index < -0.39 is 12.1 Å². The Morgan fingerprint density at radius 3 is 2.45 bits per heavy atom. The van der Waals surface area contributed by atoms with E-state index in [0.717, 1.165) is 24.3 Å². The van der Waals surface area contributed by atoms with E-state index in [0.29, 0.717) is 10.9 Å². The van der Waals surface area contributed by atoms with Gasteiger partial charge in [0.05, 0.1) is 12.8 Å². The van der Waals surface area contributed by atoms with E-state index in [1.807, 2.05) is 6.92 Å². The summed E-state index contributed by atoms with van der Waals surface area (Å²) in [6, 6.07) is 0. The summed E-state index contributed by atoms with van der Waals surface area (Å²) in [5, 5.41) is 11.0. The van der Waals surface area contributed by atoms with Gasteiger partial charge >= 0.3 is 12.1 Å². The van der Waals surface area contributed by atoms with Crippen molar-refractivity contribution < 1.29 is 27.8 Å². The van der Waals surface area contributed by atoms with Crippen LogP contribution in [0.4, 0.5) is 13.2 Å². The third-order valence-electron chi connectivity index (χ3n) is 2.58. The maximum Gasteiger partial charge on any atom is 0.490 e. The predicted molar refractivity (Wildman–Crippen MR) is 64.8 cm³/mol. The van der Waals surface area contributed by atoms with Gasteiger partial charge in [-0.05, 0) is 18.1 Å². The average molecular weight is 313 g/mol. The lowest BCUT2D eigenvalue weighted by molar-refractivity contribution is -0.192. The summed E-state index contributed by atoms with van der Waals surface area (Å²) in [6.45, 7) is 3.67. The number of rotatable bonds is 1. The van der Waals surface area contributed by atoms with Crippen molar-refractivity contribution in [1.82, 2.24) is 10.3 Å². The number of nitrogens with one attached hydrogen (secondary N) is 1. The number of alkyl halides is 3. The van der Waals surface area contributed by atoms with Gasteiger partial charge in [0.15, 0.2) is 0 Å². The van der Waals surface area contributed by atoms with Crippen molar-refractivity contribution in [3.05, 3.63) is 21.8 Å². The Morgan fingerprint density at radius 2 is 2.00 bits per heavy atom. The third kappa shape index (κ3) is 3.73. The maximum absolute atomic E-state index is 10.6. The molecule has 0 spiro atoms. The number of methoxy groups -OCH3 is 1. The van der Waals surface area contributed by atoms with Crippen LogP contribution in [0.5, 0.6) is 5.88 Å². The normalized spacial score (nSPS) is 13.3. The molecule has 0 fully saturated rings. The lowest BCUT2D eigenvalue weighted by atomic mass is 10.1. The van der Waals surface area contributed by atoms with Gasteiger partial charge in [-0.2, -0.15) is 13.2 Å². The second-order valence-corrected chi connectivity index (χ2v) is 4.27. The van der Waals surface area contributed by atoms with E-state index in [-0.39, 0.29) is 0 Å². The molecule has 9 heteroatoms. The van der Waals surface area contributed by atoms with E-state index in [1.165, 1.54) is 5.56 Å². The molecule has 0 amide bonds. The van der Waals surface area contributed by atoms with E-state index in [2.05, 4.69) is 10.3 Å². The van der Waals surface area contributed by atoms with Gasteiger partial charge in [0.25, 0.3) is 0 Å². The first-order valence-electron chi connectivity index (χ1n) is 5.41. The van der Waals surface area contributed by atoms with Crippen molar-refractivity contribution in [3.63, 3.8) is 0 Å². The fourth-order valence-corrected chi connectivity index (χ4v) is 1.80. The molecule has 0 aliphatic carbocycles. The maximum atomic E-state index is 10.6. The molecule has 2 N–H and O–H groups in total. The minimum Gasteiger partial charge on any atom is -0.480 e. The first kappa shape index (κ1) is 16.5. The van der Waals surface area contributed by atoms with Gasteiger partial charge in [-0.1, -0.05) is 11.6 Å². The Hall–Kier alpha value is -1.54. The molecule has 0 aromatic carbocycles. The lowest BCUT2D eigenvalue weighted by Gasteiger charge is -2.08. The van der Waals surface area contributed by atoms with Crippen LogP contribution in [-0.2, 0) is 17.9 Å². The molecule has 0 unspecified atom stereocenters. The summed E-state index contributed by atoms with van der Waals surface area (Å²) in [4.78, 5) is 13.2. The molecule has 0 radical (unpaired) electrons. The number of carboxylic acids is 1. The summed E-state index contributed by atoms with van der Waals surface area (Å²) < 4.78 is 36.8. The molecule has 1 aliphatic rings. The van der Waals surface area contributed by atoms with Crippen LogP contribution in [0.15, 0.2) is 0 Å². The standard InChI is InChI=1S/C9H11ClN2O.C2HF3O2/c1-5-6-3-11-4-7(6)12-9(13-2)8(5)10;3-2(4,5)1(6)7/h11H,3-4H2,1-2H3;(H,6,7). The molecular formula is C11H12ClF3N2O3. The molecule has 0 saturated heterocycles. The number of ether oxygens (including phenoxy) is 1. The second-order valence-electron chi connectivity index (χ2n) is 3.89. The molecule has 0 atom stereocenters. The first-order chi connectivity index (χ1) is 9.18. The highest BCUT2D eigenvalue weighted by Crippen LogP contribution is 2.31. The Bertz CT molecular complexity index is 520. The van der Waals surface area contributed by atoms with E-state index in [4.69, 9.17) is 26.2 Å². The zero-order valence-corrected chi connectivity index (χ0v) is 11.4. The molecular weight excluding hydrogens is 301 g/mol. The molecule has 1 aliphatic heterocycles. The fraction of sp³-hybridized carbons (Fsp3) is 0.455. The van der Waals surface area contributed by atoms with Crippen LogP contribution in [0.1, 0.15) is 16.8 Å². The van der Waals surface area contributed by atoms with Crippen LogP contribution in [0, 0.1) is 6.92 Å². The van der Waals surface area contributed by atoms with Crippen LogP contribution < -0.4 is 10.1 Å². The van der Waals surface area contributed by atoms with E-state index in [1.54, 1.807) is 7.11 Å². The summed E-state index contributed by atoms with van der Waals surface area (Å²) in [6.07, 6.45) is -5.08. The summed E-state index contributed by atoms with van der Waals surface area (Å²) in [5.41, 5.74) is 3.35. The third-order valence-corrected chi connectivity index (χ3v) is 3.03. The fourth-order valence-electron chi connectivity index (χ4n) is 1.57. The number of aromatic nitrogens is 1. The monoisotopic (exact) mass is 312 g/mol. The SMILES string of the molecule is COc1nc2c(c(C)c1Cl)CNC2.O=C(O)C(F)(F)F. The second kappa shape index (κ2) is 6.27. The predicted octanol–water partition coefficient (Wildman–Crippen LogP) is 2.29. The number of hydrogen-bond acceptors (Lipinski definition) is 4. The van der Waals surface area contributed by atoms with Crippen LogP contribution in [0.25, 0.3) is 0 Å². The van der Waals surface area contributed by atoms with Gasteiger partial charge < -0.3 is 15.2 Å². The van der Waals surface area contributed by atoms with Gasteiger partial charge in [-0.3, -0.25) is 0 Å². The largest absolute Gasteiger partial charge is 0.490 e. The van der Waals surface area contributed by atoms with Gasteiger partial charge in [0.2, 0.25) is 5.88 Å². The Balaban J connectivity index is 0.000000246. The van der Waals surface area contributed by atoms with Crippen LogP contribution in [-0.4, -0.2) is 29.3 Å². The number of fused-ring (bicyclic) bond motifs is 1. The molecule has 1 aromatic heterocycles. The summed E-state index contributed by atoms with van der Waals surface area (Å²) in [5.74, 6) is -2.23. The Kier molecular flexibility index (Phi) is 5.18. The Labute approximate surface area is 117 Å². The van der Waals surface area contributed by atoms with Crippen LogP contribution in [0.3, 0.4) is 0 Å². The van der Waals surface area contributed by atoms with Crippen molar-refractivity contribution in [2.75, 3.05) is 7.11 Å². The number of carbonyl (C=O) groups is 1. The van der Waals surface area contributed by atoms with Crippen molar-refractivity contribution in [1.29, 1.82) is 0 Å². The molecule has 2 rings (SSSR count).